The van der Waals surface area contributed by atoms with Crippen LogP contribution in [0.2, 0.25) is 0 Å². The van der Waals surface area contributed by atoms with E-state index in [4.69, 9.17) is 4.74 Å². The molecule has 0 aliphatic heterocycles. The van der Waals surface area contributed by atoms with Gasteiger partial charge >= 0.3 is 0 Å². The van der Waals surface area contributed by atoms with Gasteiger partial charge in [0.25, 0.3) is 0 Å². The molecule has 2 aromatic carbocycles. The first-order chi connectivity index (χ1) is 12.4. The van der Waals surface area contributed by atoms with Gasteiger partial charge in [-0.25, -0.2) is 13.1 Å². The molecule has 2 N–H and O–H groups in total. The van der Waals surface area contributed by atoms with Crippen LogP contribution in [0.25, 0.3) is 0 Å². The van der Waals surface area contributed by atoms with Crippen molar-refractivity contribution in [2.24, 2.45) is 0 Å². The Morgan fingerprint density at radius 1 is 1.08 bits per heavy atom. The van der Waals surface area contributed by atoms with Crippen molar-refractivity contribution < 1.29 is 18.3 Å². The number of hydrogen-bond acceptors (Lipinski definition) is 4. The smallest absolute Gasteiger partial charge is 0.241 e. The molecule has 0 radical (unpaired) electrons. The monoisotopic (exact) mass is 375 g/mol. The molecule has 0 spiro atoms. The molecule has 0 aliphatic carbocycles. The van der Waals surface area contributed by atoms with Crippen molar-refractivity contribution in [3.05, 3.63) is 77.9 Å². The third-order valence-electron chi connectivity index (χ3n) is 3.69. The van der Waals surface area contributed by atoms with Crippen molar-refractivity contribution in [3.8, 4) is 0 Å². The van der Waals surface area contributed by atoms with Crippen molar-refractivity contribution in [3.63, 3.8) is 0 Å². The molecule has 26 heavy (non-hydrogen) atoms. The van der Waals surface area contributed by atoms with Crippen LogP contribution in [0, 0.1) is 6.92 Å². The number of sulfonamides is 1. The summed E-state index contributed by atoms with van der Waals surface area (Å²) in [5, 5.41) is 9.93. The average molecular weight is 375 g/mol. The summed E-state index contributed by atoms with van der Waals surface area (Å²) in [6.07, 6.45) is 2.35. The molecule has 6 heteroatoms. The molecule has 0 fully saturated rings. The maximum atomic E-state index is 12.3. The molecule has 2 aromatic rings. The van der Waals surface area contributed by atoms with Gasteiger partial charge in [-0.2, -0.15) is 0 Å². The van der Waals surface area contributed by atoms with E-state index in [1.807, 2.05) is 37.3 Å². The minimum Gasteiger partial charge on any atom is -0.387 e. The standard InChI is InChI=1S/C20H25NO4S/c1-16-8-12-20(13-9-16)26(23,24)21-17(2)10-11-19(22)15-25-14-18-6-4-3-5-7-18/h3-13,17,19,21-22H,14-15H2,1-2H3/b11-10+/t17-,19-/m1/s1. The van der Waals surface area contributed by atoms with E-state index in [1.54, 1.807) is 37.3 Å². The van der Waals surface area contributed by atoms with Gasteiger partial charge in [0.1, 0.15) is 0 Å². The summed E-state index contributed by atoms with van der Waals surface area (Å²) in [7, 11) is -3.59. The lowest BCUT2D eigenvalue weighted by atomic mass is 10.2. The summed E-state index contributed by atoms with van der Waals surface area (Å²) in [5.74, 6) is 0. The number of nitrogens with one attached hydrogen (secondary N) is 1. The van der Waals surface area contributed by atoms with E-state index >= 15 is 0 Å². The number of ether oxygens (including phenoxy) is 1. The molecule has 0 saturated carbocycles. The van der Waals surface area contributed by atoms with Crippen LogP contribution in [0.5, 0.6) is 0 Å². The molecule has 0 bridgehead atoms. The molecule has 0 aliphatic rings. The fourth-order valence-corrected chi connectivity index (χ4v) is 3.49. The fraction of sp³-hybridized carbons (Fsp3) is 0.300. The van der Waals surface area contributed by atoms with E-state index in [9.17, 15) is 13.5 Å². The van der Waals surface area contributed by atoms with Crippen LogP contribution in [0.1, 0.15) is 18.1 Å². The van der Waals surface area contributed by atoms with Crippen LogP contribution >= 0.6 is 0 Å². The zero-order valence-electron chi connectivity index (χ0n) is 15.0. The summed E-state index contributed by atoms with van der Waals surface area (Å²) in [6, 6.07) is 15.9. The minimum atomic E-state index is -3.59. The highest BCUT2D eigenvalue weighted by Gasteiger charge is 2.15. The average Bonchev–Trinajstić information content (AvgIpc) is 2.61. The van der Waals surface area contributed by atoms with E-state index in [-0.39, 0.29) is 11.5 Å². The predicted octanol–water partition coefficient (Wildman–Crippen LogP) is 2.80. The van der Waals surface area contributed by atoms with Gasteiger partial charge in [-0.05, 0) is 31.5 Å². The second-order valence-corrected chi connectivity index (χ2v) is 7.89. The lowest BCUT2D eigenvalue weighted by Crippen LogP contribution is -2.31. The lowest BCUT2D eigenvalue weighted by Gasteiger charge is -2.12. The molecule has 0 aromatic heterocycles. The quantitative estimate of drug-likeness (QED) is 0.661. The lowest BCUT2D eigenvalue weighted by molar-refractivity contribution is 0.0502. The molecule has 140 valence electrons. The van der Waals surface area contributed by atoms with Crippen LogP contribution in [0.3, 0.4) is 0 Å². The molecular weight excluding hydrogens is 350 g/mol. The molecule has 0 amide bonds. The van der Waals surface area contributed by atoms with Crippen molar-refractivity contribution in [1.29, 1.82) is 0 Å². The third-order valence-corrected chi connectivity index (χ3v) is 5.27. The highest BCUT2D eigenvalue weighted by atomic mass is 32.2. The summed E-state index contributed by atoms with van der Waals surface area (Å²) in [4.78, 5) is 0.218. The second kappa shape index (κ2) is 9.64. The van der Waals surface area contributed by atoms with Crippen LogP contribution < -0.4 is 4.72 Å². The predicted molar refractivity (Wildman–Crippen MR) is 102 cm³/mol. The fourth-order valence-electron chi connectivity index (χ4n) is 2.29. The Balaban J connectivity index is 1.80. The molecule has 0 saturated heterocycles. The molecule has 0 unspecified atom stereocenters. The molecule has 0 heterocycles. The van der Waals surface area contributed by atoms with Crippen LogP contribution in [0.15, 0.2) is 71.6 Å². The van der Waals surface area contributed by atoms with Gasteiger partial charge < -0.3 is 9.84 Å². The number of rotatable bonds is 9. The maximum absolute atomic E-state index is 12.3. The normalized spacial score (nSPS) is 14.4. The highest BCUT2D eigenvalue weighted by Crippen LogP contribution is 2.10. The first-order valence-electron chi connectivity index (χ1n) is 8.44. The Morgan fingerprint density at radius 3 is 2.38 bits per heavy atom. The Hall–Kier alpha value is -1.99. The van der Waals surface area contributed by atoms with Gasteiger partial charge in [0.15, 0.2) is 0 Å². The minimum absolute atomic E-state index is 0.142. The largest absolute Gasteiger partial charge is 0.387 e. The Morgan fingerprint density at radius 2 is 1.73 bits per heavy atom. The molecule has 2 rings (SSSR count). The summed E-state index contributed by atoms with van der Waals surface area (Å²) in [6.45, 7) is 4.17. The van der Waals surface area contributed by atoms with E-state index in [2.05, 4.69) is 4.72 Å². The number of aliphatic hydroxyl groups is 1. The summed E-state index contributed by atoms with van der Waals surface area (Å²) in [5.41, 5.74) is 2.03. The third kappa shape index (κ3) is 6.72. The summed E-state index contributed by atoms with van der Waals surface area (Å²) < 4.78 is 32.6. The van der Waals surface area contributed by atoms with E-state index in [1.165, 1.54) is 6.08 Å². The SMILES string of the molecule is Cc1ccc(S(=O)(=O)N[C@H](C)/C=C/[C@@H](O)COCc2ccccc2)cc1. The van der Waals surface area contributed by atoms with Crippen molar-refractivity contribution in [2.45, 2.75) is 37.5 Å². The number of aliphatic hydroxyl groups excluding tert-OH is 1. The Labute approximate surface area is 155 Å². The molecule has 2 atom stereocenters. The number of hydrogen-bond donors (Lipinski definition) is 2. The van der Waals surface area contributed by atoms with Gasteiger partial charge in [-0.1, -0.05) is 60.2 Å². The van der Waals surface area contributed by atoms with Gasteiger partial charge in [0.2, 0.25) is 10.0 Å². The zero-order chi connectivity index (χ0) is 19.0. The van der Waals surface area contributed by atoms with Crippen molar-refractivity contribution >= 4 is 10.0 Å². The van der Waals surface area contributed by atoms with Crippen molar-refractivity contribution in [2.75, 3.05) is 6.61 Å². The number of aryl methyl sites for hydroxylation is 1. The van der Waals surface area contributed by atoms with Gasteiger partial charge in [0, 0.05) is 6.04 Å². The molecular formula is C20H25NO4S. The van der Waals surface area contributed by atoms with E-state index in [0.717, 1.165) is 11.1 Å². The summed E-state index contributed by atoms with van der Waals surface area (Å²) >= 11 is 0. The topological polar surface area (TPSA) is 75.6 Å². The highest BCUT2D eigenvalue weighted by molar-refractivity contribution is 7.89. The van der Waals surface area contributed by atoms with Crippen molar-refractivity contribution in [1.82, 2.24) is 4.72 Å². The molecule has 5 nitrogen and oxygen atoms in total. The Bertz CT molecular complexity index is 801. The Kier molecular flexibility index (Phi) is 7.53. The number of benzene rings is 2. The van der Waals surface area contributed by atoms with E-state index < -0.39 is 22.2 Å². The van der Waals surface area contributed by atoms with Crippen LogP contribution in [-0.4, -0.2) is 32.3 Å². The van der Waals surface area contributed by atoms with Gasteiger partial charge in [-0.3, -0.25) is 0 Å². The maximum Gasteiger partial charge on any atom is 0.241 e. The second-order valence-electron chi connectivity index (χ2n) is 6.18. The first-order valence-corrected chi connectivity index (χ1v) is 9.92. The van der Waals surface area contributed by atoms with Gasteiger partial charge in [0.05, 0.1) is 24.2 Å². The van der Waals surface area contributed by atoms with Crippen LogP contribution in [0.4, 0.5) is 0 Å². The van der Waals surface area contributed by atoms with E-state index in [0.29, 0.717) is 6.61 Å². The van der Waals surface area contributed by atoms with Gasteiger partial charge in [-0.15, -0.1) is 0 Å². The van der Waals surface area contributed by atoms with Crippen LogP contribution in [-0.2, 0) is 21.4 Å². The zero-order valence-corrected chi connectivity index (χ0v) is 15.8. The first kappa shape index (κ1) is 20.3.